The second kappa shape index (κ2) is 8.49. The van der Waals surface area contributed by atoms with Crippen LogP contribution in [0.5, 0.6) is 0 Å². The second-order valence-electron chi connectivity index (χ2n) is 7.34. The summed E-state index contributed by atoms with van der Waals surface area (Å²) in [6.07, 6.45) is 0. The van der Waals surface area contributed by atoms with E-state index in [0.717, 1.165) is 16.8 Å². The van der Waals surface area contributed by atoms with E-state index in [4.69, 9.17) is 4.74 Å². The molecule has 1 N–H and O–H groups in total. The molecule has 1 aliphatic rings. The Hall–Kier alpha value is -3.12. The van der Waals surface area contributed by atoms with Crippen LogP contribution in [-0.4, -0.2) is 56.1 Å². The molecule has 1 amide bonds. The van der Waals surface area contributed by atoms with Crippen LogP contribution in [0.2, 0.25) is 0 Å². The molecule has 1 unspecified atom stereocenters. The summed E-state index contributed by atoms with van der Waals surface area (Å²) in [6, 6.07) is 14.2. The Morgan fingerprint density at radius 3 is 2.24 bits per heavy atom. The molecule has 1 aliphatic heterocycles. The summed E-state index contributed by atoms with van der Waals surface area (Å²) >= 11 is 0. The summed E-state index contributed by atoms with van der Waals surface area (Å²) < 4.78 is 5.13. The van der Waals surface area contributed by atoms with Crippen LogP contribution in [0, 0.1) is 6.92 Å². The maximum Gasteiger partial charge on any atom is 0.295 e. The molecule has 6 heteroatoms. The highest BCUT2D eigenvalue weighted by Gasteiger charge is 2.45. The van der Waals surface area contributed by atoms with Gasteiger partial charge in [0.25, 0.3) is 11.7 Å². The molecule has 0 bridgehead atoms. The van der Waals surface area contributed by atoms with Crippen LogP contribution in [0.15, 0.2) is 54.1 Å². The molecule has 0 spiro atoms. The number of ketones is 1. The quantitative estimate of drug-likeness (QED) is 0.463. The van der Waals surface area contributed by atoms with Gasteiger partial charge < -0.3 is 19.6 Å². The summed E-state index contributed by atoms with van der Waals surface area (Å²) in [5.74, 6) is -1.47. The molecule has 0 saturated carbocycles. The number of hydrogen-bond donors (Lipinski definition) is 1. The van der Waals surface area contributed by atoms with E-state index >= 15 is 0 Å². The highest BCUT2D eigenvalue weighted by molar-refractivity contribution is 6.46. The molecule has 1 atom stereocenters. The summed E-state index contributed by atoms with van der Waals surface area (Å²) in [6.45, 7) is 2.50. The van der Waals surface area contributed by atoms with E-state index in [2.05, 4.69) is 0 Å². The number of methoxy groups -OCH3 is 1. The molecule has 29 heavy (non-hydrogen) atoms. The first-order chi connectivity index (χ1) is 13.8. The van der Waals surface area contributed by atoms with E-state index in [0.29, 0.717) is 12.2 Å². The number of carbonyl (C=O) groups is 2. The Morgan fingerprint density at radius 2 is 1.69 bits per heavy atom. The van der Waals surface area contributed by atoms with Gasteiger partial charge in [0.1, 0.15) is 5.76 Å². The van der Waals surface area contributed by atoms with Crippen molar-refractivity contribution in [2.24, 2.45) is 0 Å². The maximum atomic E-state index is 12.9. The Bertz CT molecular complexity index is 930. The smallest absolute Gasteiger partial charge is 0.295 e. The van der Waals surface area contributed by atoms with Gasteiger partial charge in [-0.15, -0.1) is 0 Å². The highest BCUT2D eigenvalue weighted by atomic mass is 16.5. The zero-order valence-corrected chi connectivity index (χ0v) is 17.2. The van der Waals surface area contributed by atoms with Crippen LogP contribution in [-0.2, 0) is 14.3 Å². The van der Waals surface area contributed by atoms with Gasteiger partial charge in [0.15, 0.2) is 0 Å². The van der Waals surface area contributed by atoms with Crippen molar-refractivity contribution in [1.29, 1.82) is 0 Å². The van der Waals surface area contributed by atoms with E-state index in [9.17, 15) is 14.7 Å². The minimum atomic E-state index is -0.680. The molecule has 0 aliphatic carbocycles. The third kappa shape index (κ3) is 4.03. The van der Waals surface area contributed by atoms with Crippen molar-refractivity contribution >= 4 is 23.1 Å². The predicted octanol–water partition coefficient (Wildman–Crippen LogP) is 3.13. The minimum Gasteiger partial charge on any atom is -0.507 e. The minimum absolute atomic E-state index is 0.104. The third-order valence-electron chi connectivity index (χ3n) is 5.13. The highest BCUT2D eigenvalue weighted by Crippen LogP contribution is 2.39. The monoisotopic (exact) mass is 394 g/mol. The molecule has 0 aromatic heterocycles. The molecular formula is C23H26N2O4. The van der Waals surface area contributed by atoms with Gasteiger partial charge in [-0.2, -0.15) is 0 Å². The van der Waals surface area contributed by atoms with Crippen molar-refractivity contribution in [3.8, 4) is 0 Å². The summed E-state index contributed by atoms with van der Waals surface area (Å²) in [4.78, 5) is 29.0. The zero-order valence-electron chi connectivity index (χ0n) is 17.2. The van der Waals surface area contributed by atoms with Crippen molar-refractivity contribution in [2.45, 2.75) is 13.0 Å². The van der Waals surface area contributed by atoms with E-state index in [1.165, 1.54) is 4.90 Å². The second-order valence-corrected chi connectivity index (χ2v) is 7.34. The number of hydrogen-bond acceptors (Lipinski definition) is 5. The van der Waals surface area contributed by atoms with E-state index in [1.807, 2.05) is 62.3 Å². The largest absolute Gasteiger partial charge is 0.507 e. The number of benzene rings is 2. The predicted molar refractivity (Wildman–Crippen MR) is 113 cm³/mol. The van der Waals surface area contributed by atoms with Crippen molar-refractivity contribution in [3.63, 3.8) is 0 Å². The fourth-order valence-electron chi connectivity index (χ4n) is 3.47. The fraction of sp³-hybridized carbons (Fsp3) is 0.304. The molecule has 152 valence electrons. The van der Waals surface area contributed by atoms with Crippen LogP contribution < -0.4 is 4.90 Å². The Balaban J connectivity index is 2.13. The first-order valence-electron chi connectivity index (χ1n) is 9.46. The van der Waals surface area contributed by atoms with Gasteiger partial charge in [0.2, 0.25) is 0 Å². The number of nitrogens with zero attached hydrogens (tertiary/aromatic N) is 2. The summed E-state index contributed by atoms with van der Waals surface area (Å²) in [7, 11) is 5.43. The lowest BCUT2D eigenvalue weighted by molar-refractivity contribution is -0.140. The van der Waals surface area contributed by atoms with Crippen LogP contribution >= 0.6 is 0 Å². The van der Waals surface area contributed by atoms with Crippen LogP contribution in [0.25, 0.3) is 5.76 Å². The molecule has 1 fully saturated rings. The van der Waals surface area contributed by atoms with E-state index in [1.54, 1.807) is 19.2 Å². The maximum absolute atomic E-state index is 12.9. The number of anilines is 1. The topological polar surface area (TPSA) is 70.1 Å². The van der Waals surface area contributed by atoms with Gasteiger partial charge in [-0.1, -0.05) is 42.0 Å². The molecule has 0 radical (unpaired) electrons. The molecule has 3 rings (SSSR count). The Morgan fingerprint density at radius 1 is 1.07 bits per heavy atom. The molecule has 1 saturated heterocycles. The summed E-state index contributed by atoms with van der Waals surface area (Å²) in [5, 5.41) is 11.0. The number of aliphatic hydroxyl groups excluding tert-OH is 1. The molecular weight excluding hydrogens is 368 g/mol. The SMILES string of the molecule is COCCN1C(=O)C(=O)C(=C(O)c2ccc(C)cc2)C1c1ccc(N(C)C)cc1. The Kier molecular flexibility index (Phi) is 6.03. The number of carbonyl (C=O) groups excluding carboxylic acids is 2. The number of ether oxygens (including phenoxy) is 1. The van der Waals surface area contributed by atoms with Gasteiger partial charge in [0, 0.05) is 39.0 Å². The summed E-state index contributed by atoms with van der Waals surface area (Å²) in [5.41, 5.74) is 3.42. The molecule has 1 heterocycles. The van der Waals surface area contributed by atoms with Gasteiger partial charge >= 0.3 is 0 Å². The lowest BCUT2D eigenvalue weighted by atomic mass is 9.95. The van der Waals surface area contributed by atoms with Crippen molar-refractivity contribution < 1.29 is 19.4 Å². The first kappa shape index (κ1) is 20.6. The van der Waals surface area contributed by atoms with Gasteiger partial charge in [-0.05, 0) is 24.6 Å². The van der Waals surface area contributed by atoms with E-state index in [-0.39, 0.29) is 17.9 Å². The number of Topliss-reactive ketones (excluding diaryl/α,β-unsaturated/α-hetero) is 1. The van der Waals surface area contributed by atoms with Crippen LogP contribution in [0.4, 0.5) is 5.69 Å². The number of rotatable bonds is 6. The standard InChI is InChI=1S/C23H26N2O4/c1-15-5-7-17(8-6-15)21(26)19-20(16-9-11-18(12-10-16)24(2)3)25(13-14-29-4)23(28)22(19)27/h5-12,20,26H,13-14H2,1-4H3. The number of aryl methyl sites for hydroxylation is 1. The molecule has 6 nitrogen and oxygen atoms in total. The van der Waals surface area contributed by atoms with Crippen LogP contribution in [0.3, 0.4) is 0 Å². The lowest BCUT2D eigenvalue weighted by Crippen LogP contribution is -2.32. The lowest BCUT2D eigenvalue weighted by Gasteiger charge is -2.25. The molecule has 2 aromatic rings. The van der Waals surface area contributed by atoms with E-state index < -0.39 is 17.7 Å². The molecule has 2 aromatic carbocycles. The fourth-order valence-corrected chi connectivity index (χ4v) is 3.47. The van der Waals surface area contributed by atoms with Crippen molar-refractivity contribution in [1.82, 2.24) is 4.90 Å². The number of likely N-dealkylation sites (tertiary alicyclic amines) is 1. The normalized spacial score (nSPS) is 18.3. The number of aliphatic hydroxyl groups is 1. The zero-order chi connectivity index (χ0) is 21.1. The van der Waals surface area contributed by atoms with Crippen LogP contribution in [0.1, 0.15) is 22.7 Å². The van der Waals surface area contributed by atoms with Gasteiger partial charge in [-0.3, -0.25) is 9.59 Å². The third-order valence-corrected chi connectivity index (χ3v) is 5.13. The average Bonchev–Trinajstić information content (AvgIpc) is 2.97. The first-order valence-corrected chi connectivity index (χ1v) is 9.46. The van der Waals surface area contributed by atoms with Crippen molar-refractivity contribution in [2.75, 3.05) is 39.3 Å². The van der Waals surface area contributed by atoms with Gasteiger partial charge in [0.05, 0.1) is 18.2 Å². The van der Waals surface area contributed by atoms with Gasteiger partial charge in [-0.25, -0.2) is 0 Å². The Labute approximate surface area is 171 Å². The number of amides is 1. The average molecular weight is 394 g/mol. The van der Waals surface area contributed by atoms with Crippen molar-refractivity contribution in [3.05, 3.63) is 70.8 Å².